The molecule has 0 saturated carbocycles. The van der Waals surface area contributed by atoms with Gasteiger partial charge in [0.05, 0.1) is 5.71 Å². The molecule has 0 aliphatic carbocycles. The molecule has 1 saturated heterocycles. The van der Waals surface area contributed by atoms with Crippen LogP contribution in [0.15, 0.2) is 27.2 Å². The number of carbonyl (C=O) groups is 1. The number of thiophene rings is 1. The van der Waals surface area contributed by atoms with Gasteiger partial charge >= 0.3 is 0 Å². The summed E-state index contributed by atoms with van der Waals surface area (Å²) >= 11 is 1.54. The normalized spacial score (nSPS) is 15.0. The fourth-order valence-electron chi connectivity index (χ4n) is 3.19. The molecule has 1 aliphatic rings. The second-order valence-electron chi connectivity index (χ2n) is 6.72. The van der Waals surface area contributed by atoms with Gasteiger partial charge in [-0.05, 0) is 54.6 Å². The van der Waals surface area contributed by atoms with Crippen molar-refractivity contribution in [2.24, 2.45) is 5.10 Å². The van der Waals surface area contributed by atoms with Gasteiger partial charge in [-0.15, -0.1) is 28.8 Å². The number of halogens is 1. The molecule has 11 nitrogen and oxygen atoms in total. The van der Waals surface area contributed by atoms with Crippen LogP contribution in [0.5, 0.6) is 0 Å². The third-order valence-corrected chi connectivity index (χ3v) is 5.65. The molecule has 30 heavy (non-hydrogen) atoms. The first kappa shape index (κ1) is 21.9. The Balaban J connectivity index is 0.00000256. The predicted molar refractivity (Wildman–Crippen MR) is 114 cm³/mol. The van der Waals surface area contributed by atoms with Gasteiger partial charge < -0.3 is 5.73 Å². The molecule has 3 aromatic rings. The van der Waals surface area contributed by atoms with Gasteiger partial charge in [-0.3, -0.25) is 9.69 Å². The van der Waals surface area contributed by atoms with E-state index in [9.17, 15) is 4.79 Å². The number of likely N-dealkylation sites (tertiary alicyclic amines) is 1. The van der Waals surface area contributed by atoms with Gasteiger partial charge in [-0.2, -0.15) is 9.78 Å². The molecular formula is C17H22ClN9O2S. The van der Waals surface area contributed by atoms with E-state index < -0.39 is 5.91 Å². The van der Waals surface area contributed by atoms with E-state index in [-0.39, 0.29) is 29.7 Å². The van der Waals surface area contributed by atoms with Crippen LogP contribution in [-0.4, -0.2) is 54.9 Å². The standard InChI is InChI=1S/C17H21N9O2S.ClH/c1-11(13-6-5-9-29-13)19-21-17(27)14-12(10-25-7-3-2-4-8-25)20-24-26(14)16-15(18)22-28-23-16;/h5-6,9H,2-4,7-8,10H2,1H3,(H2,18,22)(H,21,27);1H/b19-11+;. The van der Waals surface area contributed by atoms with Gasteiger partial charge in [0.1, 0.15) is 5.69 Å². The van der Waals surface area contributed by atoms with Crippen molar-refractivity contribution in [3.63, 3.8) is 0 Å². The van der Waals surface area contributed by atoms with Gasteiger partial charge in [-0.1, -0.05) is 17.7 Å². The van der Waals surface area contributed by atoms with Crippen LogP contribution in [0.1, 0.15) is 47.2 Å². The quantitative estimate of drug-likeness (QED) is 0.427. The number of amides is 1. The molecule has 4 rings (SSSR count). The van der Waals surface area contributed by atoms with Crippen molar-refractivity contribution >= 4 is 41.2 Å². The van der Waals surface area contributed by atoms with Gasteiger partial charge in [-0.25, -0.2) is 10.1 Å². The Morgan fingerprint density at radius 1 is 1.33 bits per heavy atom. The number of hydrogen-bond acceptors (Lipinski definition) is 10. The number of carbonyl (C=O) groups excluding carboxylic acids is 1. The smallest absolute Gasteiger partial charge is 0.292 e. The van der Waals surface area contributed by atoms with E-state index in [1.807, 2.05) is 24.4 Å². The van der Waals surface area contributed by atoms with Crippen molar-refractivity contribution in [2.45, 2.75) is 32.7 Å². The molecule has 3 N–H and O–H groups in total. The SMILES string of the molecule is C/C(=N\NC(=O)c1c(CN2CCCCC2)nnn1-c1nonc1N)c1cccs1.Cl. The summed E-state index contributed by atoms with van der Waals surface area (Å²) in [6.07, 6.45) is 3.47. The van der Waals surface area contributed by atoms with Gasteiger partial charge in [0.15, 0.2) is 5.69 Å². The number of rotatable bonds is 6. The zero-order valence-electron chi connectivity index (χ0n) is 16.3. The number of nitrogen functional groups attached to an aromatic ring is 1. The first-order valence-electron chi connectivity index (χ1n) is 9.27. The molecule has 13 heteroatoms. The number of anilines is 1. The zero-order chi connectivity index (χ0) is 20.2. The summed E-state index contributed by atoms with van der Waals surface area (Å²) in [5, 5.41) is 21.7. The van der Waals surface area contributed by atoms with Crippen molar-refractivity contribution in [1.29, 1.82) is 0 Å². The first-order chi connectivity index (χ1) is 14.1. The van der Waals surface area contributed by atoms with E-state index in [0.717, 1.165) is 30.8 Å². The van der Waals surface area contributed by atoms with Crippen LogP contribution in [0.25, 0.3) is 5.82 Å². The molecule has 0 radical (unpaired) electrons. The number of hydrogen-bond donors (Lipinski definition) is 2. The van der Waals surface area contributed by atoms with Gasteiger partial charge in [0.25, 0.3) is 5.91 Å². The van der Waals surface area contributed by atoms with Crippen LogP contribution < -0.4 is 11.2 Å². The van der Waals surface area contributed by atoms with Crippen LogP contribution in [0.2, 0.25) is 0 Å². The minimum Gasteiger partial charge on any atom is -0.378 e. The first-order valence-corrected chi connectivity index (χ1v) is 10.2. The molecule has 3 aromatic heterocycles. The van der Waals surface area contributed by atoms with Crippen molar-refractivity contribution in [3.8, 4) is 5.82 Å². The predicted octanol–water partition coefficient (Wildman–Crippen LogP) is 1.86. The lowest BCUT2D eigenvalue weighted by Gasteiger charge is -2.25. The van der Waals surface area contributed by atoms with Crippen molar-refractivity contribution in [3.05, 3.63) is 33.8 Å². The largest absolute Gasteiger partial charge is 0.378 e. The maximum Gasteiger partial charge on any atom is 0.292 e. The summed E-state index contributed by atoms with van der Waals surface area (Å²) < 4.78 is 5.91. The highest BCUT2D eigenvalue weighted by atomic mass is 35.5. The summed E-state index contributed by atoms with van der Waals surface area (Å²) in [7, 11) is 0. The molecule has 0 aromatic carbocycles. The highest BCUT2D eigenvalue weighted by Gasteiger charge is 2.26. The highest BCUT2D eigenvalue weighted by Crippen LogP contribution is 2.19. The van der Waals surface area contributed by atoms with E-state index in [2.05, 4.69) is 40.7 Å². The Kier molecular flexibility index (Phi) is 7.13. The lowest BCUT2D eigenvalue weighted by atomic mass is 10.1. The number of nitrogens with one attached hydrogen (secondary N) is 1. The Bertz CT molecular complexity index is 1010. The van der Waals surface area contributed by atoms with Crippen LogP contribution in [0, 0.1) is 0 Å². The molecule has 1 amide bonds. The highest BCUT2D eigenvalue weighted by molar-refractivity contribution is 7.12. The lowest BCUT2D eigenvalue weighted by molar-refractivity contribution is 0.0944. The minimum absolute atomic E-state index is 0. The average Bonchev–Trinajstić information content (AvgIpc) is 3.47. The Hall–Kier alpha value is -2.83. The van der Waals surface area contributed by atoms with E-state index in [0.29, 0.717) is 18.0 Å². The second-order valence-corrected chi connectivity index (χ2v) is 7.67. The molecule has 0 atom stereocenters. The monoisotopic (exact) mass is 451 g/mol. The summed E-state index contributed by atoms with van der Waals surface area (Å²) in [5.74, 6) is -0.321. The molecule has 0 bridgehead atoms. The molecule has 0 unspecified atom stereocenters. The fraction of sp³-hybridized carbons (Fsp3) is 0.412. The Morgan fingerprint density at radius 2 is 2.13 bits per heavy atom. The maximum absolute atomic E-state index is 13.0. The molecule has 1 aliphatic heterocycles. The molecule has 160 valence electrons. The maximum atomic E-state index is 13.0. The van der Waals surface area contributed by atoms with Gasteiger partial charge in [0, 0.05) is 11.4 Å². The van der Waals surface area contributed by atoms with Gasteiger partial charge in [0.2, 0.25) is 11.6 Å². The lowest BCUT2D eigenvalue weighted by Crippen LogP contribution is -2.31. The number of piperidine rings is 1. The van der Waals surface area contributed by atoms with E-state index >= 15 is 0 Å². The summed E-state index contributed by atoms with van der Waals surface area (Å²) in [4.78, 5) is 16.2. The molecule has 1 fully saturated rings. The van der Waals surface area contributed by atoms with Crippen molar-refractivity contribution in [2.75, 3.05) is 18.8 Å². The number of aromatic nitrogens is 5. The number of nitrogens with two attached hydrogens (primary N) is 1. The minimum atomic E-state index is -0.458. The van der Waals surface area contributed by atoms with E-state index in [4.69, 9.17) is 5.73 Å². The van der Waals surface area contributed by atoms with Crippen molar-refractivity contribution < 1.29 is 9.42 Å². The van der Waals surface area contributed by atoms with Crippen LogP contribution in [0.3, 0.4) is 0 Å². The van der Waals surface area contributed by atoms with Crippen molar-refractivity contribution in [1.82, 2.24) is 35.6 Å². The summed E-state index contributed by atoms with van der Waals surface area (Å²) in [6, 6.07) is 3.86. The van der Waals surface area contributed by atoms with Crippen LogP contribution in [-0.2, 0) is 6.54 Å². The number of nitrogens with zero attached hydrogens (tertiary/aromatic N) is 7. The molecule has 4 heterocycles. The number of hydrazone groups is 1. The average molecular weight is 452 g/mol. The fourth-order valence-corrected chi connectivity index (χ4v) is 3.87. The van der Waals surface area contributed by atoms with Crippen LogP contribution in [0.4, 0.5) is 5.82 Å². The Labute approximate surface area is 182 Å². The topological polar surface area (TPSA) is 140 Å². The zero-order valence-corrected chi connectivity index (χ0v) is 17.9. The van der Waals surface area contributed by atoms with Crippen LogP contribution >= 0.6 is 23.7 Å². The molecule has 0 spiro atoms. The third-order valence-electron chi connectivity index (χ3n) is 4.68. The molecular weight excluding hydrogens is 430 g/mol. The Morgan fingerprint density at radius 3 is 2.80 bits per heavy atom. The summed E-state index contributed by atoms with van der Waals surface area (Å²) in [6.45, 7) is 4.24. The van der Waals surface area contributed by atoms with E-state index in [1.54, 1.807) is 11.3 Å². The van der Waals surface area contributed by atoms with E-state index in [1.165, 1.54) is 11.1 Å². The summed E-state index contributed by atoms with van der Waals surface area (Å²) in [5.41, 5.74) is 9.82. The second kappa shape index (κ2) is 9.78. The third kappa shape index (κ3) is 4.66.